The van der Waals surface area contributed by atoms with Gasteiger partial charge in [-0.05, 0) is 36.4 Å². The van der Waals surface area contributed by atoms with Crippen LogP contribution in [0.3, 0.4) is 0 Å². The van der Waals surface area contributed by atoms with Crippen LogP contribution in [0.25, 0.3) is 16.9 Å². The largest absolute Gasteiger partial charge is 0.384 e. The highest BCUT2D eigenvalue weighted by atomic mass is 35.5. The molecule has 184 valence electrons. The highest BCUT2D eigenvalue weighted by Gasteiger charge is 2.20. The molecule has 5 aromatic rings. The van der Waals surface area contributed by atoms with Crippen LogP contribution in [0, 0.1) is 0 Å². The molecule has 4 N–H and O–H groups in total. The molecule has 3 heterocycles. The lowest BCUT2D eigenvalue weighted by atomic mass is 10.1. The van der Waals surface area contributed by atoms with E-state index in [4.69, 9.17) is 21.9 Å². The van der Waals surface area contributed by atoms with Crippen molar-refractivity contribution in [2.24, 2.45) is 0 Å². The third-order valence-corrected chi connectivity index (χ3v) is 5.71. The Balaban J connectivity index is 1.44. The molecule has 0 bridgehead atoms. The van der Waals surface area contributed by atoms with E-state index in [2.05, 4.69) is 25.9 Å². The zero-order chi connectivity index (χ0) is 25.8. The monoisotopic (exact) mass is 513 g/mol. The molecule has 0 atom stereocenters. The van der Waals surface area contributed by atoms with Crippen molar-refractivity contribution in [1.82, 2.24) is 25.2 Å². The molecule has 5 rings (SSSR count). The summed E-state index contributed by atoms with van der Waals surface area (Å²) in [5, 5.41) is 13.8. The van der Waals surface area contributed by atoms with Crippen LogP contribution in [0.2, 0.25) is 5.02 Å². The average Bonchev–Trinajstić information content (AvgIpc) is 3.58. The van der Waals surface area contributed by atoms with Crippen LogP contribution in [0.4, 0.5) is 11.6 Å². The number of anilines is 2. The number of hydrogen-bond acceptors (Lipinski definition) is 7. The molecule has 0 unspecified atom stereocenters. The number of nitrogens with one attached hydrogen (secondary N) is 2. The standard InChI is InChI=1S/C26H20ClN7O3/c27-20-10-9-16(21-7-4-8-23(28)31-21)13-19(20)25(35)32-24-14-22(26(36)29-15-18-11-12-30-37-18)33-34(24)17-5-2-1-3-6-17/h1-14H,15H2,(H2,28,31)(H,29,36)(H,32,35). The number of aromatic nitrogens is 4. The van der Waals surface area contributed by atoms with Gasteiger partial charge in [-0.3, -0.25) is 9.59 Å². The topological polar surface area (TPSA) is 141 Å². The van der Waals surface area contributed by atoms with Crippen molar-refractivity contribution in [3.05, 3.63) is 107 Å². The lowest BCUT2D eigenvalue weighted by molar-refractivity contribution is 0.0941. The van der Waals surface area contributed by atoms with Gasteiger partial charge in [-0.25, -0.2) is 9.67 Å². The fraction of sp³-hybridized carbons (Fsp3) is 0.0385. The summed E-state index contributed by atoms with van der Waals surface area (Å²) >= 11 is 6.37. The average molecular weight is 514 g/mol. The number of carbonyl (C=O) groups excluding carboxylic acids is 2. The number of pyridine rings is 1. The van der Waals surface area contributed by atoms with Gasteiger partial charge in [0.05, 0.1) is 34.7 Å². The molecule has 0 fully saturated rings. The Labute approximate surface area is 216 Å². The van der Waals surface area contributed by atoms with Gasteiger partial charge in [-0.1, -0.05) is 47.1 Å². The number of carbonyl (C=O) groups is 2. The first-order chi connectivity index (χ1) is 18.0. The quantitative estimate of drug-likeness (QED) is 0.294. The second-order valence-corrected chi connectivity index (χ2v) is 8.33. The molecule has 0 spiro atoms. The van der Waals surface area contributed by atoms with Gasteiger partial charge in [0.25, 0.3) is 11.8 Å². The Morgan fingerprint density at radius 2 is 1.81 bits per heavy atom. The van der Waals surface area contributed by atoms with E-state index in [1.54, 1.807) is 54.6 Å². The molecule has 0 saturated carbocycles. The Morgan fingerprint density at radius 3 is 2.57 bits per heavy atom. The second kappa shape index (κ2) is 10.3. The van der Waals surface area contributed by atoms with Crippen molar-refractivity contribution in [2.75, 3.05) is 11.1 Å². The molecule has 3 aromatic heterocycles. The third kappa shape index (κ3) is 5.34. The molecular weight excluding hydrogens is 494 g/mol. The molecule has 10 nitrogen and oxygen atoms in total. The molecule has 0 radical (unpaired) electrons. The summed E-state index contributed by atoms with van der Waals surface area (Å²) in [5.74, 6) is 0.202. The van der Waals surface area contributed by atoms with Gasteiger partial charge in [0.15, 0.2) is 11.5 Å². The zero-order valence-electron chi connectivity index (χ0n) is 19.3. The summed E-state index contributed by atoms with van der Waals surface area (Å²) in [6.07, 6.45) is 1.49. The number of para-hydroxylation sites is 1. The summed E-state index contributed by atoms with van der Waals surface area (Å²) < 4.78 is 6.48. The highest BCUT2D eigenvalue weighted by Crippen LogP contribution is 2.26. The number of rotatable bonds is 7. The second-order valence-electron chi connectivity index (χ2n) is 7.92. The smallest absolute Gasteiger partial charge is 0.272 e. The minimum Gasteiger partial charge on any atom is -0.384 e. The predicted molar refractivity (Wildman–Crippen MR) is 138 cm³/mol. The van der Waals surface area contributed by atoms with E-state index in [-0.39, 0.29) is 28.6 Å². The van der Waals surface area contributed by atoms with Crippen LogP contribution >= 0.6 is 11.6 Å². The van der Waals surface area contributed by atoms with Gasteiger partial charge in [0.2, 0.25) is 0 Å². The van der Waals surface area contributed by atoms with E-state index < -0.39 is 11.8 Å². The van der Waals surface area contributed by atoms with Crippen LogP contribution in [-0.4, -0.2) is 31.7 Å². The van der Waals surface area contributed by atoms with Crippen molar-refractivity contribution >= 4 is 35.1 Å². The van der Waals surface area contributed by atoms with Gasteiger partial charge in [0, 0.05) is 17.7 Å². The molecule has 2 aromatic carbocycles. The minimum absolute atomic E-state index is 0.0995. The van der Waals surface area contributed by atoms with Crippen molar-refractivity contribution in [3.63, 3.8) is 0 Å². The summed E-state index contributed by atoms with van der Waals surface area (Å²) in [7, 11) is 0. The van der Waals surface area contributed by atoms with Gasteiger partial charge in [-0.2, -0.15) is 5.10 Å². The number of amides is 2. The summed E-state index contributed by atoms with van der Waals surface area (Å²) in [6, 6.07) is 22.5. The SMILES string of the molecule is Nc1cccc(-c2ccc(Cl)c(C(=O)Nc3cc(C(=O)NCc4ccno4)nn3-c3ccccc3)c2)n1. The molecule has 0 aliphatic carbocycles. The maximum Gasteiger partial charge on any atom is 0.272 e. The maximum absolute atomic E-state index is 13.3. The number of nitrogen functional groups attached to an aromatic ring is 1. The third-order valence-electron chi connectivity index (χ3n) is 5.38. The molecule has 0 aliphatic rings. The highest BCUT2D eigenvalue weighted by molar-refractivity contribution is 6.34. The summed E-state index contributed by atoms with van der Waals surface area (Å²) in [5.41, 5.74) is 8.05. The van der Waals surface area contributed by atoms with Crippen molar-refractivity contribution < 1.29 is 14.1 Å². The predicted octanol–water partition coefficient (Wildman–Crippen LogP) is 4.34. The van der Waals surface area contributed by atoms with Crippen LogP contribution < -0.4 is 16.4 Å². The summed E-state index contributed by atoms with van der Waals surface area (Å²) in [6.45, 7) is 0.138. The Morgan fingerprint density at radius 1 is 0.973 bits per heavy atom. The molecule has 0 aliphatic heterocycles. The van der Waals surface area contributed by atoms with Gasteiger partial charge in [-0.15, -0.1) is 0 Å². The number of halogens is 1. The maximum atomic E-state index is 13.3. The first kappa shape index (κ1) is 23.8. The van der Waals surface area contributed by atoms with Crippen molar-refractivity contribution in [3.8, 4) is 16.9 Å². The van der Waals surface area contributed by atoms with E-state index in [0.717, 1.165) is 0 Å². The van der Waals surface area contributed by atoms with E-state index >= 15 is 0 Å². The van der Waals surface area contributed by atoms with Gasteiger partial charge in [0.1, 0.15) is 11.6 Å². The van der Waals surface area contributed by atoms with Crippen LogP contribution in [0.15, 0.2) is 89.6 Å². The first-order valence-corrected chi connectivity index (χ1v) is 11.5. The van der Waals surface area contributed by atoms with Gasteiger partial charge < -0.3 is 20.9 Å². The van der Waals surface area contributed by atoms with Crippen LogP contribution in [0.1, 0.15) is 26.6 Å². The van der Waals surface area contributed by atoms with Crippen LogP contribution in [-0.2, 0) is 6.54 Å². The minimum atomic E-state index is -0.485. The first-order valence-electron chi connectivity index (χ1n) is 11.1. The number of nitrogens with zero attached hydrogens (tertiary/aromatic N) is 4. The van der Waals surface area contributed by atoms with Crippen molar-refractivity contribution in [2.45, 2.75) is 6.54 Å². The van der Waals surface area contributed by atoms with E-state index in [0.29, 0.717) is 28.5 Å². The molecule has 11 heteroatoms. The Bertz CT molecular complexity index is 1570. The number of hydrogen-bond donors (Lipinski definition) is 3. The fourth-order valence-electron chi connectivity index (χ4n) is 3.59. The number of nitrogens with two attached hydrogens (primary N) is 1. The van der Waals surface area contributed by atoms with E-state index in [1.165, 1.54) is 16.9 Å². The van der Waals surface area contributed by atoms with Gasteiger partial charge >= 0.3 is 0 Å². The molecule has 0 saturated heterocycles. The van der Waals surface area contributed by atoms with E-state index in [9.17, 15) is 9.59 Å². The zero-order valence-corrected chi connectivity index (χ0v) is 20.0. The normalized spacial score (nSPS) is 10.7. The molecule has 37 heavy (non-hydrogen) atoms. The Hall–Kier alpha value is -4.96. The Kier molecular flexibility index (Phi) is 6.64. The summed E-state index contributed by atoms with van der Waals surface area (Å²) in [4.78, 5) is 30.4. The lowest BCUT2D eigenvalue weighted by Gasteiger charge is -2.11. The fourth-order valence-corrected chi connectivity index (χ4v) is 3.80. The molecule has 2 amide bonds. The van der Waals surface area contributed by atoms with Crippen LogP contribution in [0.5, 0.6) is 0 Å². The van der Waals surface area contributed by atoms with E-state index in [1.807, 2.05) is 18.2 Å². The number of benzene rings is 2. The molecular formula is C26H20ClN7O3. The van der Waals surface area contributed by atoms with Crippen molar-refractivity contribution in [1.29, 1.82) is 0 Å². The lowest BCUT2D eigenvalue weighted by Crippen LogP contribution is -2.23.